The Labute approximate surface area is 141 Å². The number of benzene rings is 2. The molecule has 3 rings (SSSR count). The molecule has 0 saturated heterocycles. The lowest BCUT2D eigenvalue weighted by Gasteiger charge is -2.14. The van der Waals surface area contributed by atoms with Crippen LogP contribution in [0.2, 0.25) is 5.02 Å². The number of rotatable bonds is 2. The summed E-state index contributed by atoms with van der Waals surface area (Å²) >= 11 is 12.7. The lowest BCUT2D eigenvalue weighted by Crippen LogP contribution is -2.01. The van der Waals surface area contributed by atoms with Crippen molar-refractivity contribution in [2.75, 3.05) is 0 Å². The van der Waals surface area contributed by atoms with Crippen LogP contribution in [0.15, 0.2) is 44.1 Å². The van der Waals surface area contributed by atoms with Crippen LogP contribution >= 0.6 is 43.5 Å². The number of fused-ring (bicyclic) bond motifs is 1. The third-order valence-electron chi connectivity index (χ3n) is 3.19. The highest BCUT2D eigenvalue weighted by molar-refractivity contribution is 9.10. The van der Waals surface area contributed by atoms with E-state index in [-0.39, 0.29) is 5.69 Å². The van der Waals surface area contributed by atoms with E-state index in [1.165, 1.54) is 0 Å². The summed E-state index contributed by atoms with van der Waals surface area (Å²) in [6, 6.07) is 8.74. The molecule has 2 aromatic carbocycles. The first kappa shape index (κ1) is 14.8. The quantitative estimate of drug-likeness (QED) is 0.570. The van der Waals surface area contributed by atoms with Gasteiger partial charge in [0.15, 0.2) is 0 Å². The number of hydrogen-bond acceptors (Lipinski definition) is 2. The van der Waals surface area contributed by atoms with Gasteiger partial charge >= 0.3 is 5.69 Å². The second-order valence-corrected chi connectivity index (χ2v) is 6.69. The molecule has 1 unspecified atom stereocenters. The van der Waals surface area contributed by atoms with E-state index in [1.54, 1.807) is 30.3 Å². The van der Waals surface area contributed by atoms with Crippen molar-refractivity contribution in [3.63, 3.8) is 0 Å². The summed E-state index contributed by atoms with van der Waals surface area (Å²) in [5, 5.41) is 11.1. The standard InChI is InChI=1S/C14H9Br2ClN2O2/c15-8-5-12-11(18-14(21)19-12)4-7(8)13(20)6-1-2-10(17)9(16)3-6/h1-5,13,20H,(H2,18,19,21). The molecular formula is C14H9Br2ClN2O2. The van der Waals surface area contributed by atoms with Crippen molar-refractivity contribution in [2.45, 2.75) is 6.10 Å². The molecule has 21 heavy (non-hydrogen) atoms. The average molecular weight is 432 g/mol. The van der Waals surface area contributed by atoms with Crippen LogP contribution in [0.25, 0.3) is 11.0 Å². The van der Waals surface area contributed by atoms with Gasteiger partial charge in [-0.15, -0.1) is 0 Å². The van der Waals surface area contributed by atoms with Crippen molar-refractivity contribution in [3.8, 4) is 0 Å². The van der Waals surface area contributed by atoms with Gasteiger partial charge in [-0.25, -0.2) is 4.79 Å². The molecule has 3 aromatic rings. The van der Waals surface area contributed by atoms with Gasteiger partial charge in [-0.3, -0.25) is 0 Å². The summed E-state index contributed by atoms with van der Waals surface area (Å²) in [6.07, 6.45) is -0.837. The molecule has 3 N–H and O–H groups in total. The second kappa shape index (κ2) is 5.61. The fourth-order valence-corrected chi connectivity index (χ4v) is 3.22. The monoisotopic (exact) mass is 430 g/mol. The van der Waals surface area contributed by atoms with Crippen LogP contribution in [-0.2, 0) is 0 Å². The topological polar surface area (TPSA) is 68.9 Å². The van der Waals surface area contributed by atoms with Crippen molar-refractivity contribution in [1.29, 1.82) is 0 Å². The average Bonchev–Trinajstić information content (AvgIpc) is 2.79. The predicted octanol–water partition coefficient (Wildman–Crippen LogP) is 4.12. The van der Waals surface area contributed by atoms with Crippen LogP contribution < -0.4 is 5.69 Å². The van der Waals surface area contributed by atoms with Gasteiger partial charge in [0.2, 0.25) is 0 Å². The van der Waals surface area contributed by atoms with Crippen LogP contribution in [-0.4, -0.2) is 15.1 Å². The number of aliphatic hydroxyl groups is 1. The molecule has 0 spiro atoms. The first-order valence-corrected chi connectivity index (χ1v) is 7.96. The van der Waals surface area contributed by atoms with E-state index in [9.17, 15) is 9.90 Å². The molecule has 0 radical (unpaired) electrons. The Balaban J connectivity index is 2.11. The Morgan fingerprint density at radius 3 is 2.38 bits per heavy atom. The maximum absolute atomic E-state index is 11.3. The molecule has 0 fully saturated rings. The van der Waals surface area contributed by atoms with Crippen molar-refractivity contribution in [3.05, 3.63) is 65.9 Å². The molecule has 108 valence electrons. The highest BCUT2D eigenvalue weighted by Gasteiger charge is 2.16. The van der Waals surface area contributed by atoms with Crippen LogP contribution in [0.4, 0.5) is 0 Å². The van der Waals surface area contributed by atoms with Crippen LogP contribution in [0.5, 0.6) is 0 Å². The Kier molecular flexibility index (Phi) is 3.96. The molecule has 0 saturated carbocycles. The first-order valence-electron chi connectivity index (χ1n) is 6.00. The van der Waals surface area contributed by atoms with E-state index in [0.29, 0.717) is 36.1 Å². The van der Waals surface area contributed by atoms with Gasteiger partial charge in [0, 0.05) is 14.5 Å². The number of aliphatic hydroxyl groups excluding tert-OH is 1. The minimum atomic E-state index is -0.837. The predicted molar refractivity (Wildman–Crippen MR) is 89.8 cm³/mol. The number of aromatic amines is 2. The summed E-state index contributed by atoms with van der Waals surface area (Å²) in [5.74, 6) is 0. The fourth-order valence-electron chi connectivity index (χ4n) is 2.14. The zero-order valence-electron chi connectivity index (χ0n) is 10.5. The van der Waals surface area contributed by atoms with Crippen molar-refractivity contribution in [2.24, 2.45) is 0 Å². The van der Waals surface area contributed by atoms with Gasteiger partial charge in [-0.2, -0.15) is 0 Å². The first-order chi connectivity index (χ1) is 9.95. The number of aromatic nitrogens is 2. The van der Waals surface area contributed by atoms with Gasteiger partial charge in [-0.1, -0.05) is 33.6 Å². The number of hydrogen-bond donors (Lipinski definition) is 3. The highest BCUT2D eigenvalue weighted by atomic mass is 79.9. The molecule has 0 aliphatic heterocycles. The Morgan fingerprint density at radius 1 is 1.05 bits per heavy atom. The third-order valence-corrected chi connectivity index (χ3v) is 5.09. The molecule has 0 amide bonds. The number of nitrogens with one attached hydrogen (secondary N) is 2. The van der Waals surface area contributed by atoms with E-state index in [2.05, 4.69) is 41.8 Å². The Hall–Kier alpha value is -1.08. The molecule has 0 aliphatic rings. The molecular weight excluding hydrogens is 423 g/mol. The molecule has 0 bridgehead atoms. The molecule has 4 nitrogen and oxygen atoms in total. The van der Waals surface area contributed by atoms with Crippen LogP contribution in [0.1, 0.15) is 17.2 Å². The summed E-state index contributed by atoms with van der Waals surface area (Å²) in [7, 11) is 0. The number of imidazole rings is 1. The zero-order chi connectivity index (χ0) is 15.1. The smallest absolute Gasteiger partial charge is 0.323 e. The van der Waals surface area contributed by atoms with E-state index in [4.69, 9.17) is 11.6 Å². The summed E-state index contributed by atoms with van der Waals surface area (Å²) in [4.78, 5) is 16.7. The van der Waals surface area contributed by atoms with Gasteiger partial charge in [-0.05, 0) is 45.8 Å². The molecule has 1 aromatic heterocycles. The third kappa shape index (κ3) is 2.81. The van der Waals surface area contributed by atoms with Crippen molar-refractivity contribution >= 4 is 54.5 Å². The lowest BCUT2D eigenvalue weighted by atomic mass is 10.0. The number of H-pyrrole nitrogens is 2. The summed E-state index contributed by atoms with van der Waals surface area (Å²) < 4.78 is 1.43. The number of halogens is 3. The minimum Gasteiger partial charge on any atom is -0.384 e. The van der Waals surface area contributed by atoms with Gasteiger partial charge < -0.3 is 15.1 Å². The molecule has 1 atom stereocenters. The maximum Gasteiger partial charge on any atom is 0.323 e. The normalized spacial score (nSPS) is 12.8. The minimum absolute atomic E-state index is 0.280. The van der Waals surface area contributed by atoms with E-state index in [1.807, 2.05) is 0 Å². The summed E-state index contributed by atoms with van der Waals surface area (Å²) in [6.45, 7) is 0. The van der Waals surface area contributed by atoms with Crippen molar-refractivity contribution < 1.29 is 5.11 Å². The zero-order valence-corrected chi connectivity index (χ0v) is 14.4. The molecule has 1 heterocycles. The Bertz CT molecular complexity index is 888. The van der Waals surface area contributed by atoms with E-state index < -0.39 is 6.10 Å². The van der Waals surface area contributed by atoms with Crippen molar-refractivity contribution in [1.82, 2.24) is 9.97 Å². The second-order valence-electron chi connectivity index (χ2n) is 4.57. The Morgan fingerprint density at radius 2 is 1.71 bits per heavy atom. The van der Waals surface area contributed by atoms with E-state index in [0.717, 1.165) is 0 Å². The summed E-state index contributed by atoms with van der Waals surface area (Å²) in [5.41, 5.74) is 2.40. The molecule has 0 aliphatic carbocycles. The van der Waals surface area contributed by atoms with Gasteiger partial charge in [0.25, 0.3) is 0 Å². The lowest BCUT2D eigenvalue weighted by molar-refractivity contribution is 0.219. The molecule has 7 heteroatoms. The highest BCUT2D eigenvalue weighted by Crippen LogP contribution is 2.33. The largest absolute Gasteiger partial charge is 0.384 e. The SMILES string of the molecule is O=c1[nH]c2cc(Br)c(C(O)c3ccc(Cl)c(Br)c3)cc2[nH]1. The van der Waals surface area contributed by atoms with Gasteiger partial charge in [0.05, 0.1) is 16.1 Å². The van der Waals surface area contributed by atoms with Crippen LogP contribution in [0.3, 0.4) is 0 Å². The van der Waals surface area contributed by atoms with Crippen LogP contribution in [0, 0.1) is 0 Å². The van der Waals surface area contributed by atoms with Gasteiger partial charge in [0.1, 0.15) is 6.10 Å². The maximum atomic E-state index is 11.3. The van der Waals surface area contributed by atoms with E-state index >= 15 is 0 Å². The fraction of sp³-hybridized carbons (Fsp3) is 0.0714.